The highest BCUT2D eigenvalue weighted by Crippen LogP contribution is 2.27. The molecule has 1 aromatic rings. The van der Waals surface area contributed by atoms with E-state index < -0.39 is 0 Å². The van der Waals surface area contributed by atoms with Gasteiger partial charge in [-0.1, -0.05) is 41.8 Å². The van der Waals surface area contributed by atoms with Gasteiger partial charge in [0, 0.05) is 5.75 Å². The number of aliphatic hydroxyl groups is 1. The molecule has 1 aromatic heterocycles. The molecule has 0 aliphatic carbocycles. The van der Waals surface area contributed by atoms with Crippen molar-refractivity contribution >= 4 is 34.9 Å². The molecule has 6 heteroatoms. The van der Waals surface area contributed by atoms with Crippen LogP contribution < -0.4 is 0 Å². The van der Waals surface area contributed by atoms with Crippen LogP contribution >= 0.6 is 34.9 Å². The van der Waals surface area contributed by atoms with Gasteiger partial charge in [0.25, 0.3) is 0 Å². The van der Waals surface area contributed by atoms with Crippen molar-refractivity contribution in [3.05, 3.63) is 0 Å². The fourth-order valence-electron chi connectivity index (χ4n) is 0.570. The highest BCUT2D eigenvalue weighted by molar-refractivity contribution is 8.03. The molecule has 1 rings (SSSR count). The lowest BCUT2D eigenvalue weighted by molar-refractivity contribution is 0.322. The third-order valence-corrected chi connectivity index (χ3v) is 4.02. The Kier molecular flexibility index (Phi) is 4.98. The van der Waals surface area contributed by atoms with Crippen LogP contribution in [0.1, 0.15) is 6.92 Å². The molecule has 1 heterocycles. The van der Waals surface area contributed by atoms with Crippen LogP contribution in [0.3, 0.4) is 0 Å². The molecule has 0 bridgehead atoms. The minimum absolute atomic E-state index is 0.195. The zero-order valence-corrected chi connectivity index (χ0v) is 9.14. The fourth-order valence-corrected chi connectivity index (χ4v) is 3.30. The van der Waals surface area contributed by atoms with Crippen LogP contribution in [-0.4, -0.2) is 33.4 Å². The van der Waals surface area contributed by atoms with Crippen molar-refractivity contribution in [2.75, 3.05) is 18.1 Å². The van der Waals surface area contributed by atoms with Gasteiger partial charge in [0.05, 0.1) is 6.61 Å². The summed E-state index contributed by atoms with van der Waals surface area (Å²) >= 11 is 4.84. The summed E-state index contributed by atoms with van der Waals surface area (Å²) in [5.74, 6) is 1.73. The van der Waals surface area contributed by atoms with Crippen molar-refractivity contribution in [3.63, 3.8) is 0 Å². The zero-order valence-electron chi connectivity index (χ0n) is 6.69. The number of rotatable bonds is 5. The number of hydrogen-bond acceptors (Lipinski definition) is 6. The van der Waals surface area contributed by atoms with E-state index in [9.17, 15) is 0 Å². The van der Waals surface area contributed by atoms with Crippen molar-refractivity contribution in [1.29, 1.82) is 0 Å². The molecule has 68 valence electrons. The van der Waals surface area contributed by atoms with Crippen LogP contribution in [0.25, 0.3) is 0 Å². The van der Waals surface area contributed by atoms with Crippen LogP contribution in [0, 0.1) is 0 Å². The molecule has 0 amide bonds. The molecule has 12 heavy (non-hydrogen) atoms. The quantitative estimate of drug-likeness (QED) is 0.769. The van der Waals surface area contributed by atoms with E-state index in [0.717, 1.165) is 14.4 Å². The van der Waals surface area contributed by atoms with Gasteiger partial charge in [0.2, 0.25) is 0 Å². The number of thioether (sulfide) groups is 2. The van der Waals surface area contributed by atoms with Gasteiger partial charge in [-0.3, -0.25) is 0 Å². The monoisotopic (exact) mass is 222 g/mol. The Bertz CT molecular complexity index is 228. The Morgan fingerprint density at radius 3 is 2.58 bits per heavy atom. The molecule has 0 aromatic carbocycles. The second kappa shape index (κ2) is 5.80. The first-order valence-corrected chi connectivity index (χ1v) is 6.35. The highest BCUT2D eigenvalue weighted by atomic mass is 32.2. The van der Waals surface area contributed by atoms with E-state index in [1.165, 1.54) is 0 Å². The normalized spacial score (nSPS) is 10.5. The van der Waals surface area contributed by atoms with Crippen molar-refractivity contribution < 1.29 is 5.11 Å². The summed E-state index contributed by atoms with van der Waals surface area (Å²) < 4.78 is 1.96. The van der Waals surface area contributed by atoms with Crippen molar-refractivity contribution in [2.24, 2.45) is 0 Å². The van der Waals surface area contributed by atoms with E-state index in [-0.39, 0.29) is 6.61 Å². The molecule has 0 aliphatic heterocycles. The lowest BCUT2D eigenvalue weighted by Crippen LogP contribution is -1.84. The topological polar surface area (TPSA) is 46.0 Å². The predicted molar refractivity (Wildman–Crippen MR) is 54.1 cm³/mol. The molecular weight excluding hydrogens is 212 g/mol. The van der Waals surface area contributed by atoms with Crippen molar-refractivity contribution in [1.82, 2.24) is 10.2 Å². The maximum absolute atomic E-state index is 8.57. The second-order valence-electron chi connectivity index (χ2n) is 1.84. The molecule has 0 fully saturated rings. The summed E-state index contributed by atoms with van der Waals surface area (Å²) in [6.45, 7) is 2.28. The Morgan fingerprint density at radius 2 is 2.00 bits per heavy atom. The SMILES string of the molecule is CCSc1nnc(SCCO)s1. The van der Waals surface area contributed by atoms with Gasteiger partial charge >= 0.3 is 0 Å². The Balaban J connectivity index is 2.41. The number of aliphatic hydroxyl groups excluding tert-OH is 1. The van der Waals surface area contributed by atoms with Crippen LogP contribution in [0.15, 0.2) is 8.68 Å². The third-order valence-electron chi connectivity index (χ3n) is 0.973. The minimum Gasteiger partial charge on any atom is -0.396 e. The molecule has 0 atom stereocenters. The first-order valence-electron chi connectivity index (χ1n) is 3.56. The van der Waals surface area contributed by atoms with Gasteiger partial charge in [-0.05, 0) is 5.75 Å². The van der Waals surface area contributed by atoms with Gasteiger partial charge in [-0.2, -0.15) is 0 Å². The summed E-state index contributed by atoms with van der Waals surface area (Å²) in [7, 11) is 0. The van der Waals surface area contributed by atoms with E-state index in [1.807, 2.05) is 0 Å². The average Bonchev–Trinajstić information content (AvgIpc) is 2.50. The molecule has 0 saturated heterocycles. The summed E-state index contributed by atoms with van der Waals surface area (Å²) in [6.07, 6.45) is 0. The maximum Gasteiger partial charge on any atom is 0.175 e. The maximum atomic E-state index is 8.57. The van der Waals surface area contributed by atoms with E-state index in [2.05, 4.69) is 17.1 Å². The summed E-state index contributed by atoms with van der Waals surface area (Å²) in [5, 5.41) is 16.5. The second-order valence-corrected chi connectivity index (χ2v) is 5.67. The first kappa shape index (κ1) is 10.3. The van der Waals surface area contributed by atoms with E-state index in [1.54, 1.807) is 34.9 Å². The Hall–Kier alpha value is 0.220. The molecule has 1 N–H and O–H groups in total. The van der Waals surface area contributed by atoms with Gasteiger partial charge < -0.3 is 5.11 Å². The summed E-state index contributed by atoms with van der Waals surface area (Å²) in [6, 6.07) is 0. The highest BCUT2D eigenvalue weighted by Gasteiger charge is 2.03. The predicted octanol–water partition coefficient (Wildman–Crippen LogP) is 1.73. The van der Waals surface area contributed by atoms with Crippen molar-refractivity contribution in [2.45, 2.75) is 15.6 Å². The molecule has 0 radical (unpaired) electrons. The van der Waals surface area contributed by atoms with Crippen LogP contribution in [0.4, 0.5) is 0 Å². The molecule has 0 unspecified atom stereocenters. The third kappa shape index (κ3) is 3.30. The van der Waals surface area contributed by atoms with E-state index in [4.69, 9.17) is 5.11 Å². The first-order chi connectivity index (χ1) is 5.86. The lowest BCUT2D eigenvalue weighted by atomic mass is 10.9. The van der Waals surface area contributed by atoms with Crippen LogP contribution in [-0.2, 0) is 0 Å². The van der Waals surface area contributed by atoms with E-state index >= 15 is 0 Å². The largest absolute Gasteiger partial charge is 0.396 e. The summed E-state index contributed by atoms with van der Waals surface area (Å²) in [4.78, 5) is 0. The number of hydrogen-bond donors (Lipinski definition) is 1. The Morgan fingerprint density at radius 1 is 1.33 bits per heavy atom. The van der Waals surface area contributed by atoms with Gasteiger partial charge in [0.15, 0.2) is 8.68 Å². The van der Waals surface area contributed by atoms with Crippen LogP contribution in [0.2, 0.25) is 0 Å². The molecule has 0 aliphatic rings. The Labute approximate surface area is 84.0 Å². The smallest absolute Gasteiger partial charge is 0.175 e. The lowest BCUT2D eigenvalue weighted by Gasteiger charge is -1.88. The van der Waals surface area contributed by atoms with Crippen molar-refractivity contribution in [3.8, 4) is 0 Å². The average molecular weight is 222 g/mol. The van der Waals surface area contributed by atoms with Gasteiger partial charge in [-0.15, -0.1) is 10.2 Å². The van der Waals surface area contributed by atoms with E-state index in [0.29, 0.717) is 5.75 Å². The van der Waals surface area contributed by atoms with Crippen LogP contribution in [0.5, 0.6) is 0 Å². The molecule has 3 nitrogen and oxygen atoms in total. The standard InChI is InChI=1S/C6H10N2OS3/c1-2-10-5-7-8-6(12-5)11-4-3-9/h9H,2-4H2,1H3. The molecular formula is C6H10N2OS3. The zero-order chi connectivity index (χ0) is 8.81. The minimum atomic E-state index is 0.195. The molecule has 0 spiro atoms. The van der Waals surface area contributed by atoms with Gasteiger partial charge in [-0.25, -0.2) is 0 Å². The molecule has 0 saturated carbocycles. The van der Waals surface area contributed by atoms with Gasteiger partial charge in [0.1, 0.15) is 0 Å². The number of nitrogens with zero attached hydrogens (tertiary/aromatic N) is 2. The fraction of sp³-hybridized carbons (Fsp3) is 0.667. The summed E-state index contributed by atoms with van der Waals surface area (Å²) in [5.41, 5.74) is 0. The number of aromatic nitrogens is 2.